The second-order valence-electron chi connectivity index (χ2n) is 4.30. The van der Waals surface area contributed by atoms with Gasteiger partial charge in [0.15, 0.2) is 0 Å². The number of hydrogen-bond donors (Lipinski definition) is 2. The monoisotopic (exact) mass is 258 g/mol. The number of ether oxygens (including phenoxy) is 1. The Bertz CT molecular complexity index is 277. The van der Waals surface area contributed by atoms with Crippen molar-refractivity contribution in [2.75, 3.05) is 60.0 Å². The Balaban J connectivity index is 2.03. The largest absolute Gasteiger partial charge is 0.378 e. The summed E-state index contributed by atoms with van der Waals surface area (Å²) < 4.78 is 5.18. The van der Waals surface area contributed by atoms with Crippen molar-refractivity contribution in [3.63, 3.8) is 0 Å². The maximum absolute atomic E-state index is 11.7. The third kappa shape index (κ3) is 5.33. The summed E-state index contributed by atoms with van der Waals surface area (Å²) in [4.78, 5) is 26.2. The first-order valence-electron chi connectivity index (χ1n) is 6.12. The number of urea groups is 1. The molecule has 0 radical (unpaired) electrons. The van der Waals surface area contributed by atoms with Crippen LogP contribution in [-0.4, -0.2) is 81.8 Å². The van der Waals surface area contributed by atoms with Crippen LogP contribution < -0.4 is 10.6 Å². The number of rotatable bonds is 5. The first-order valence-corrected chi connectivity index (χ1v) is 6.12. The predicted octanol–water partition coefficient (Wildman–Crippen LogP) is -1.29. The summed E-state index contributed by atoms with van der Waals surface area (Å²) >= 11 is 0. The SMILES string of the molecule is CN(C)C(=O)NCCNCC(=O)N1CCOCC1. The molecular formula is C11H22N4O3. The van der Waals surface area contributed by atoms with Gasteiger partial charge in [0.1, 0.15) is 0 Å². The van der Waals surface area contributed by atoms with Crippen LogP contribution in [0.25, 0.3) is 0 Å². The molecule has 1 aliphatic heterocycles. The van der Waals surface area contributed by atoms with Crippen LogP contribution in [0.3, 0.4) is 0 Å². The molecule has 0 aromatic heterocycles. The van der Waals surface area contributed by atoms with Gasteiger partial charge < -0.3 is 25.2 Å². The molecule has 0 saturated carbocycles. The molecule has 0 spiro atoms. The van der Waals surface area contributed by atoms with Crippen LogP contribution in [0.1, 0.15) is 0 Å². The van der Waals surface area contributed by atoms with Crippen molar-refractivity contribution in [1.29, 1.82) is 0 Å². The van der Waals surface area contributed by atoms with Crippen molar-refractivity contribution < 1.29 is 14.3 Å². The molecule has 0 aromatic rings. The Morgan fingerprint density at radius 1 is 1.22 bits per heavy atom. The van der Waals surface area contributed by atoms with E-state index >= 15 is 0 Å². The smallest absolute Gasteiger partial charge is 0.316 e. The van der Waals surface area contributed by atoms with Gasteiger partial charge in [0.25, 0.3) is 0 Å². The zero-order valence-electron chi connectivity index (χ0n) is 11.1. The molecule has 1 fully saturated rings. The van der Waals surface area contributed by atoms with E-state index in [-0.39, 0.29) is 11.9 Å². The van der Waals surface area contributed by atoms with Gasteiger partial charge in [-0.15, -0.1) is 0 Å². The van der Waals surface area contributed by atoms with Crippen molar-refractivity contribution in [3.05, 3.63) is 0 Å². The Kier molecular flexibility index (Phi) is 6.45. The maximum Gasteiger partial charge on any atom is 0.316 e. The zero-order chi connectivity index (χ0) is 13.4. The van der Waals surface area contributed by atoms with Crippen molar-refractivity contribution in [1.82, 2.24) is 20.4 Å². The van der Waals surface area contributed by atoms with Gasteiger partial charge in [-0.1, -0.05) is 0 Å². The molecule has 7 nitrogen and oxygen atoms in total. The molecule has 0 aromatic carbocycles. The molecule has 3 amide bonds. The molecule has 104 valence electrons. The summed E-state index contributed by atoms with van der Waals surface area (Å²) in [6.07, 6.45) is 0. The van der Waals surface area contributed by atoms with Gasteiger partial charge in [0.05, 0.1) is 19.8 Å². The van der Waals surface area contributed by atoms with Crippen molar-refractivity contribution >= 4 is 11.9 Å². The minimum absolute atomic E-state index is 0.0808. The van der Waals surface area contributed by atoms with E-state index in [1.807, 2.05) is 0 Å². The van der Waals surface area contributed by atoms with Crippen LogP contribution in [0.5, 0.6) is 0 Å². The highest BCUT2D eigenvalue weighted by molar-refractivity contribution is 5.78. The minimum Gasteiger partial charge on any atom is -0.378 e. The van der Waals surface area contributed by atoms with Gasteiger partial charge in [0, 0.05) is 40.3 Å². The van der Waals surface area contributed by atoms with Gasteiger partial charge in [-0.05, 0) is 0 Å². The van der Waals surface area contributed by atoms with Gasteiger partial charge in [0.2, 0.25) is 5.91 Å². The Morgan fingerprint density at radius 2 is 1.89 bits per heavy atom. The van der Waals surface area contributed by atoms with E-state index in [1.165, 1.54) is 4.90 Å². The van der Waals surface area contributed by atoms with E-state index in [9.17, 15) is 9.59 Å². The van der Waals surface area contributed by atoms with Gasteiger partial charge in [-0.2, -0.15) is 0 Å². The summed E-state index contributed by atoms with van der Waals surface area (Å²) in [6, 6.07) is -0.128. The van der Waals surface area contributed by atoms with E-state index in [0.717, 1.165) is 0 Å². The standard InChI is InChI=1S/C11H22N4O3/c1-14(2)11(17)13-4-3-12-9-10(16)15-5-7-18-8-6-15/h12H,3-9H2,1-2H3,(H,13,17). The molecule has 18 heavy (non-hydrogen) atoms. The Morgan fingerprint density at radius 3 is 2.50 bits per heavy atom. The number of nitrogens with zero attached hydrogens (tertiary/aromatic N) is 2. The Hall–Kier alpha value is -1.34. The third-order valence-electron chi connectivity index (χ3n) is 2.62. The summed E-state index contributed by atoms with van der Waals surface area (Å²) in [5, 5.41) is 5.73. The zero-order valence-corrected chi connectivity index (χ0v) is 11.1. The summed E-state index contributed by atoms with van der Waals surface area (Å²) in [7, 11) is 3.37. The van der Waals surface area contributed by atoms with Gasteiger partial charge in [-0.3, -0.25) is 4.79 Å². The topological polar surface area (TPSA) is 73.9 Å². The van der Waals surface area contributed by atoms with Crippen LogP contribution in [0.4, 0.5) is 4.79 Å². The lowest BCUT2D eigenvalue weighted by molar-refractivity contribution is -0.134. The predicted molar refractivity (Wildman–Crippen MR) is 67.4 cm³/mol. The molecule has 1 heterocycles. The number of carbonyl (C=O) groups is 2. The lowest BCUT2D eigenvalue weighted by atomic mass is 10.4. The van der Waals surface area contributed by atoms with Crippen molar-refractivity contribution in [2.24, 2.45) is 0 Å². The maximum atomic E-state index is 11.7. The number of amides is 3. The number of hydrogen-bond acceptors (Lipinski definition) is 4. The van der Waals surface area contributed by atoms with Gasteiger partial charge >= 0.3 is 6.03 Å². The molecule has 1 rings (SSSR count). The first-order chi connectivity index (χ1) is 8.61. The lowest BCUT2D eigenvalue weighted by Gasteiger charge is -2.26. The molecule has 7 heteroatoms. The number of nitrogens with one attached hydrogen (secondary N) is 2. The molecule has 1 aliphatic rings. The van der Waals surface area contributed by atoms with Crippen LogP contribution in [0.15, 0.2) is 0 Å². The molecule has 2 N–H and O–H groups in total. The number of morpholine rings is 1. The molecule has 0 atom stereocenters. The second kappa shape index (κ2) is 7.88. The van der Waals surface area contributed by atoms with Crippen LogP contribution in [-0.2, 0) is 9.53 Å². The Labute approximate surface area is 107 Å². The van der Waals surface area contributed by atoms with Crippen molar-refractivity contribution in [2.45, 2.75) is 0 Å². The van der Waals surface area contributed by atoms with Crippen LogP contribution >= 0.6 is 0 Å². The highest BCUT2D eigenvalue weighted by atomic mass is 16.5. The van der Waals surface area contributed by atoms with Crippen LogP contribution in [0, 0.1) is 0 Å². The average Bonchev–Trinajstić information content (AvgIpc) is 2.38. The lowest BCUT2D eigenvalue weighted by Crippen LogP contribution is -2.46. The minimum atomic E-state index is -0.128. The summed E-state index contributed by atoms with van der Waals surface area (Å²) in [5.74, 6) is 0.0808. The molecule has 1 saturated heterocycles. The second-order valence-corrected chi connectivity index (χ2v) is 4.30. The fourth-order valence-electron chi connectivity index (χ4n) is 1.54. The normalized spacial score (nSPS) is 15.3. The molecule has 0 aliphatic carbocycles. The van der Waals surface area contributed by atoms with E-state index < -0.39 is 0 Å². The summed E-state index contributed by atoms with van der Waals surface area (Å²) in [6.45, 7) is 3.95. The average molecular weight is 258 g/mol. The molecule has 0 bridgehead atoms. The van der Waals surface area contributed by atoms with E-state index in [2.05, 4.69) is 10.6 Å². The fraction of sp³-hybridized carbons (Fsp3) is 0.818. The van der Waals surface area contributed by atoms with E-state index in [1.54, 1.807) is 19.0 Å². The van der Waals surface area contributed by atoms with Crippen molar-refractivity contribution in [3.8, 4) is 0 Å². The van der Waals surface area contributed by atoms with Gasteiger partial charge in [-0.25, -0.2) is 4.79 Å². The molecule has 0 unspecified atom stereocenters. The van der Waals surface area contributed by atoms with E-state index in [4.69, 9.17) is 4.74 Å². The summed E-state index contributed by atoms with van der Waals surface area (Å²) in [5.41, 5.74) is 0. The third-order valence-corrected chi connectivity index (χ3v) is 2.62. The highest BCUT2D eigenvalue weighted by Gasteiger charge is 2.15. The quantitative estimate of drug-likeness (QED) is 0.602. The fourth-order valence-corrected chi connectivity index (χ4v) is 1.54. The van der Waals surface area contributed by atoms with E-state index in [0.29, 0.717) is 45.9 Å². The van der Waals surface area contributed by atoms with Crippen LogP contribution in [0.2, 0.25) is 0 Å². The highest BCUT2D eigenvalue weighted by Crippen LogP contribution is 1.96. The molecular weight excluding hydrogens is 236 g/mol. The number of carbonyl (C=O) groups excluding carboxylic acids is 2. The first kappa shape index (κ1) is 14.7.